The van der Waals surface area contributed by atoms with Gasteiger partial charge in [-0.25, -0.2) is 4.39 Å². The summed E-state index contributed by atoms with van der Waals surface area (Å²) in [5, 5.41) is 10.5. The molecule has 0 aromatic heterocycles. The topological polar surface area (TPSA) is 29.5 Å². The van der Waals surface area contributed by atoms with Crippen molar-refractivity contribution >= 4 is 15.9 Å². The van der Waals surface area contributed by atoms with Gasteiger partial charge in [-0.15, -0.1) is 0 Å². The van der Waals surface area contributed by atoms with Gasteiger partial charge in [-0.2, -0.15) is 0 Å². The molecule has 0 amide bonds. The summed E-state index contributed by atoms with van der Waals surface area (Å²) < 4.78 is 19.5. The number of hydrogen-bond acceptors (Lipinski definition) is 2. The highest BCUT2D eigenvalue weighted by Crippen LogP contribution is 2.30. The van der Waals surface area contributed by atoms with Gasteiger partial charge in [-0.3, -0.25) is 0 Å². The number of fused-ring (bicyclic) bond motifs is 1. The van der Waals surface area contributed by atoms with Crippen LogP contribution in [0.4, 0.5) is 4.39 Å². The Hall–Kier alpha value is -1.39. The van der Waals surface area contributed by atoms with Crippen LogP contribution in [0.1, 0.15) is 11.1 Å². The number of ether oxygens (including phenoxy) is 1. The standard InChI is InChI=1S/C17H16BrFO2/c18-15-9-14(19)6-5-11(15)8-16(20)13-7-12-3-1-2-4-17(12)21-10-13/h1-6,9,13,16,20H,7-8,10H2. The van der Waals surface area contributed by atoms with E-state index in [1.54, 1.807) is 6.07 Å². The fraction of sp³-hybridized carbons (Fsp3) is 0.294. The van der Waals surface area contributed by atoms with Crippen LogP contribution in [0, 0.1) is 11.7 Å². The van der Waals surface area contributed by atoms with Crippen molar-refractivity contribution in [2.24, 2.45) is 5.92 Å². The molecule has 0 saturated heterocycles. The molecule has 1 N–H and O–H groups in total. The zero-order valence-corrected chi connectivity index (χ0v) is 13.0. The molecule has 0 bridgehead atoms. The van der Waals surface area contributed by atoms with E-state index in [2.05, 4.69) is 15.9 Å². The minimum atomic E-state index is -0.514. The second-order valence-corrected chi connectivity index (χ2v) is 6.24. The summed E-state index contributed by atoms with van der Waals surface area (Å²) in [4.78, 5) is 0. The van der Waals surface area contributed by atoms with Gasteiger partial charge in [0.15, 0.2) is 0 Å². The van der Waals surface area contributed by atoms with E-state index >= 15 is 0 Å². The summed E-state index contributed by atoms with van der Waals surface area (Å²) in [5.41, 5.74) is 2.04. The maximum atomic E-state index is 13.1. The molecule has 2 aromatic carbocycles. The zero-order chi connectivity index (χ0) is 14.8. The number of halogens is 2. The number of para-hydroxylation sites is 1. The smallest absolute Gasteiger partial charge is 0.124 e. The average molecular weight is 351 g/mol. The van der Waals surface area contributed by atoms with E-state index in [0.717, 1.165) is 23.3 Å². The lowest BCUT2D eigenvalue weighted by Gasteiger charge is -2.29. The molecular weight excluding hydrogens is 335 g/mol. The molecule has 0 saturated carbocycles. The van der Waals surface area contributed by atoms with Crippen molar-refractivity contribution in [1.82, 2.24) is 0 Å². The predicted octanol–water partition coefficient (Wildman–Crippen LogP) is 3.74. The minimum absolute atomic E-state index is 0.0526. The van der Waals surface area contributed by atoms with E-state index in [1.165, 1.54) is 12.1 Å². The van der Waals surface area contributed by atoms with Crippen molar-refractivity contribution < 1.29 is 14.2 Å². The van der Waals surface area contributed by atoms with Crippen molar-refractivity contribution in [3.05, 3.63) is 63.9 Å². The van der Waals surface area contributed by atoms with Crippen LogP contribution >= 0.6 is 15.9 Å². The maximum absolute atomic E-state index is 13.1. The van der Waals surface area contributed by atoms with Crippen LogP contribution in [-0.2, 0) is 12.8 Å². The van der Waals surface area contributed by atoms with Gasteiger partial charge in [0, 0.05) is 10.4 Å². The molecular formula is C17H16BrFO2. The second-order valence-electron chi connectivity index (χ2n) is 5.39. The Morgan fingerprint density at radius 2 is 2.10 bits per heavy atom. The van der Waals surface area contributed by atoms with E-state index in [0.29, 0.717) is 17.5 Å². The van der Waals surface area contributed by atoms with Crippen LogP contribution in [0.2, 0.25) is 0 Å². The summed E-state index contributed by atoms with van der Waals surface area (Å²) in [7, 11) is 0. The summed E-state index contributed by atoms with van der Waals surface area (Å²) in [6.07, 6.45) is 0.771. The first kappa shape index (κ1) is 14.5. The number of rotatable bonds is 3. The number of aliphatic hydroxyl groups excluding tert-OH is 1. The molecule has 2 atom stereocenters. The average Bonchev–Trinajstić information content (AvgIpc) is 2.49. The summed E-state index contributed by atoms with van der Waals surface area (Å²) in [6, 6.07) is 12.5. The van der Waals surface area contributed by atoms with E-state index in [-0.39, 0.29) is 11.7 Å². The van der Waals surface area contributed by atoms with E-state index in [1.807, 2.05) is 24.3 Å². The fourth-order valence-corrected chi connectivity index (χ4v) is 3.19. The summed E-state index contributed by atoms with van der Waals surface area (Å²) in [6.45, 7) is 0.511. The first-order chi connectivity index (χ1) is 10.1. The fourth-order valence-electron chi connectivity index (χ4n) is 2.68. The Morgan fingerprint density at radius 1 is 1.29 bits per heavy atom. The molecule has 3 rings (SSSR count). The van der Waals surface area contributed by atoms with E-state index in [9.17, 15) is 9.50 Å². The molecule has 1 aliphatic rings. The molecule has 2 unspecified atom stereocenters. The Morgan fingerprint density at radius 3 is 2.90 bits per heavy atom. The third kappa shape index (κ3) is 3.27. The molecule has 0 radical (unpaired) electrons. The molecule has 2 nitrogen and oxygen atoms in total. The quantitative estimate of drug-likeness (QED) is 0.913. The number of hydrogen-bond donors (Lipinski definition) is 1. The Kier molecular flexibility index (Phi) is 4.27. The van der Waals surface area contributed by atoms with Crippen LogP contribution in [0.3, 0.4) is 0 Å². The van der Waals surface area contributed by atoms with Crippen LogP contribution < -0.4 is 4.74 Å². The van der Waals surface area contributed by atoms with Gasteiger partial charge in [-0.1, -0.05) is 40.2 Å². The van der Waals surface area contributed by atoms with Gasteiger partial charge in [0.05, 0.1) is 12.7 Å². The molecule has 21 heavy (non-hydrogen) atoms. The molecule has 110 valence electrons. The third-order valence-corrected chi connectivity index (χ3v) is 4.63. The first-order valence-electron chi connectivity index (χ1n) is 6.96. The lowest BCUT2D eigenvalue weighted by molar-refractivity contribution is 0.0651. The summed E-state index contributed by atoms with van der Waals surface area (Å²) in [5.74, 6) is 0.677. The van der Waals surface area contributed by atoms with Gasteiger partial charge >= 0.3 is 0 Å². The van der Waals surface area contributed by atoms with Gasteiger partial charge in [0.2, 0.25) is 0 Å². The zero-order valence-electron chi connectivity index (χ0n) is 11.4. The third-order valence-electron chi connectivity index (χ3n) is 3.90. The van der Waals surface area contributed by atoms with Crippen LogP contribution in [0.5, 0.6) is 5.75 Å². The van der Waals surface area contributed by atoms with Crippen LogP contribution in [0.25, 0.3) is 0 Å². The highest BCUT2D eigenvalue weighted by atomic mass is 79.9. The Balaban J connectivity index is 1.70. The molecule has 0 spiro atoms. The molecule has 0 aliphatic carbocycles. The van der Waals surface area contributed by atoms with Gasteiger partial charge < -0.3 is 9.84 Å². The van der Waals surface area contributed by atoms with Crippen molar-refractivity contribution in [2.75, 3.05) is 6.61 Å². The highest BCUT2D eigenvalue weighted by molar-refractivity contribution is 9.10. The molecule has 1 heterocycles. The van der Waals surface area contributed by atoms with E-state index in [4.69, 9.17) is 4.74 Å². The van der Waals surface area contributed by atoms with Crippen molar-refractivity contribution in [3.63, 3.8) is 0 Å². The monoisotopic (exact) mass is 350 g/mol. The van der Waals surface area contributed by atoms with Crippen LogP contribution in [-0.4, -0.2) is 17.8 Å². The summed E-state index contributed by atoms with van der Waals surface area (Å²) >= 11 is 3.34. The molecule has 4 heteroatoms. The van der Waals surface area contributed by atoms with Gasteiger partial charge in [0.25, 0.3) is 0 Å². The molecule has 2 aromatic rings. The van der Waals surface area contributed by atoms with Crippen molar-refractivity contribution in [3.8, 4) is 5.75 Å². The van der Waals surface area contributed by atoms with Gasteiger partial charge in [0.1, 0.15) is 11.6 Å². The Labute approximate surface area is 131 Å². The number of benzene rings is 2. The normalized spacial score (nSPS) is 18.7. The maximum Gasteiger partial charge on any atom is 0.124 e. The minimum Gasteiger partial charge on any atom is -0.493 e. The highest BCUT2D eigenvalue weighted by Gasteiger charge is 2.26. The predicted molar refractivity (Wildman–Crippen MR) is 82.9 cm³/mol. The van der Waals surface area contributed by atoms with E-state index < -0.39 is 6.10 Å². The SMILES string of the molecule is OC(Cc1ccc(F)cc1Br)C1COc2ccccc2C1. The second kappa shape index (κ2) is 6.16. The molecule has 0 fully saturated rings. The van der Waals surface area contributed by atoms with Crippen molar-refractivity contribution in [1.29, 1.82) is 0 Å². The van der Waals surface area contributed by atoms with Crippen molar-refractivity contribution in [2.45, 2.75) is 18.9 Å². The first-order valence-corrected chi connectivity index (χ1v) is 7.75. The Bertz CT molecular complexity index is 644. The lowest BCUT2D eigenvalue weighted by atomic mass is 9.89. The number of aliphatic hydroxyl groups is 1. The van der Waals surface area contributed by atoms with Gasteiger partial charge in [-0.05, 0) is 42.2 Å². The lowest BCUT2D eigenvalue weighted by Crippen LogP contribution is -2.33. The van der Waals surface area contributed by atoms with Crippen LogP contribution in [0.15, 0.2) is 46.9 Å². The largest absolute Gasteiger partial charge is 0.493 e. The molecule has 1 aliphatic heterocycles.